The second-order valence-corrected chi connectivity index (χ2v) is 5.12. The molecule has 1 aromatic rings. The quantitative estimate of drug-likeness (QED) is 0.630. The van der Waals surface area contributed by atoms with Crippen LogP contribution >= 0.6 is 15.9 Å². The number of nitrogens with two attached hydrogens (primary N) is 1. The maximum Gasteiger partial charge on any atom is 0.326 e. The van der Waals surface area contributed by atoms with E-state index in [1.54, 1.807) is 24.3 Å². The van der Waals surface area contributed by atoms with Gasteiger partial charge in [-0.15, -0.1) is 0 Å². The lowest BCUT2D eigenvalue weighted by Gasteiger charge is -2.14. The first-order valence-corrected chi connectivity index (χ1v) is 6.86. The van der Waals surface area contributed by atoms with Crippen molar-refractivity contribution in [2.75, 3.05) is 6.61 Å². The highest BCUT2D eigenvalue weighted by atomic mass is 79.9. The highest BCUT2D eigenvalue weighted by molar-refractivity contribution is 9.10. The number of aliphatic carboxylic acids is 1. The number of carboxylic acid groups (broad SMARTS) is 1. The summed E-state index contributed by atoms with van der Waals surface area (Å²) in [6.45, 7) is -0.317. The second-order valence-electron chi connectivity index (χ2n) is 4.21. The minimum absolute atomic E-state index is 0.0608. The minimum Gasteiger partial charge on any atom is -0.484 e. The number of primary amides is 1. The van der Waals surface area contributed by atoms with E-state index in [1.165, 1.54) is 0 Å². The fourth-order valence-electron chi connectivity index (χ4n) is 1.46. The summed E-state index contributed by atoms with van der Waals surface area (Å²) in [7, 11) is 0. The first-order chi connectivity index (χ1) is 9.88. The second kappa shape index (κ2) is 8.25. The van der Waals surface area contributed by atoms with Crippen LogP contribution in [0.25, 0.3) is 0 Å². The Hall–Kier alpha value is -2.09. The number of halogens is 1. The zero-order valence-corrected chi connectivity index (χ0v) is 12.6. The molecule has 0 saturated carbocycles. The molecule has 1 rings (SSSR count). The van der Waals surface area contributed by atoms with Crippen molar-refractivity contribution in [1.29, 1.82) is 0 Å². The molecule has 21 heavy (non-hydrogen) atoms. The van der Waals surface area contributed by atoms with Gasteiger partial charge in [-0.1, -0.05) is 15.9 Å². The van der Waals surface area contributed by atoms with Crippen molar-refractivity contribution in [1.82, 2.24) is 5.32 Å². The molecule has 0 fully saturated rings. The highest BCUT2D eigenvalue weighted by Gasteiger charge is 2.20. The SMILES string of the molecule is NC(=O)CC[C@H](NC(=O)COc1ccc(Br)cc1)C(=O)O. The van der Waals surface area contributed by atoms with Crippen LogP contribution in [0.5, 0.6) is 5.75 Å². The van der Waals surface area contributed by atoms with Crippen LogP contribution in [-0.2, 0) is 14.4 Å². The van der Waals surface area contributed by atoms with E-state index in [1.807, 2.05) is 0 Å². The van der Waals surface area contributed by atoms with Crippen molar-refractivity contribution in [3.63, 3.8) is 0 Å². The van der Waals surface area contributed by atoms with Gasteiger partial charge in [0.2, 0.25) is 5.91 Å². The number of carbonyl (C=O) groups is 3. The van der Waals surface area contributed by atoms with Crippen LogP contribution in [0.2, 0.25) is 0 Å². The van der Waals surface area contributed by atoms with Crippen LogP contribution in [0.4, 0.5) is 0 Å². The van der Waals surface area contributed by atoms with Crippen LogP contribution in [0.15, 0.2) is 28.7 Å². The standard InChI is InChI=1S/C13H15BrN2O5/c14-8-1-3-9(4-2-8)21-7-12(18)16-10(13(19)20)5-6-11(15)17/h1-4,10H,5-7H2,(H2,15,17)(H,16,18)(H,19,20)/t10-/m0/s1. The Morgan fingerprint density at radius 1 is 1.29 bits per heavy atom. The summed E-state index contributed by atoms with van der Waals surface area (Å²) >= 11 is 3.27. The average Bonchev–Trinajstić information content (AvgIpc) is 2.42. The number of benzene rings is 1. The molecule has 1 atom stereocenters. The van der Waals surface area contributed by atoms with Gasteiger partial charge in [0, 0.05) is 10.9 Å². The van der Waals surface area contributed by atoms with Gasteiger partial charge in [0.1, 0.15) is 11.8 Å². The van der Waals surface area contributed by atoms with Gasteiger partial charge in [-0.05, 0) is 30.7 Å². The van der Waals surface area contributed by atoms with Gasteiger partial charge in [-0.2, -0.15) is 0 Å². The Morgan fingerprint density at radius 2 is 1.90 bits per heavy atom. The van der Waals surface area contributed by atoms with E-state index >= 15 is 0 Å². The van der Waals surface area contributed by atoms with Crippen LogP contribution in [0.1, 0.15) is 12.8 Å². The molecule has 0 radical (unpaired) electrons. The van der Waals surface area contributed by atoms with Gasteiger partial charge in [0.15, 0.2) is 6.61 Å². The Labute approximate surface area is 129 Å². The number of ether oxygens (including phenoxy) is 1. The van der Waals surface area contributed by atoms with E-state index in [0.29, 0.717) is 5.75 Å². The van der Waals surface area contributed by atoms with E-state index in [2.05, 4.69) is 21.2 Å². The van der Waals surface area contributed by atoms with Crippen molar-refractivity contribution in [3.8, 4) is 5.75 Å². The molecule has 0 aliphatic carbocycles. The maximum absolute atomic E-state index is 11.6. The lowest BCUT2D eigenvalue weighted by Crippen LogP contribution is -2.43. The smallest absolute Gasteiger partial charge is 0.326 e. The van der Waals surface area contributed by atoms with E-state index in [-0.39, 0.29) is 19.4 Å². The minimum atomic E-state index is -1.23. The predicted molar refractivity (Wildman–Crippen MR) is 77.6 cm³/mol. The number of rotatable bonds is 8. The summed E-state index contributed by atoms with van der Waals surface area (Å²) in [6, 6.07) is 5.66. The highest BCUT2D eigenvalue weighted by Crippen LogP contribution is 2.15. The Kier molecular flexibility index (Phi) is 6.67. The molecule has 8 heteroatoms. The number of hydrogen-bond donors (Lipinski definition) is 3. The maximum atomic E-state index is 11.6. The predicted octanol–water partition coefficient (Wildman–Crippen LogP) is 0.663. The molecule has 2 amide bonds. The summed E-state index contributed by atoms with van der Waals surface area (Å²) in [5.41, 5.74) is 4.95. The van der Waals surface area contributed by atoms with Crippen molar-refractivity contribution in [3.05, 3.63) is 28.7 Å². The normalized spacial score (nSPS) is 11.5. The third kappa shape index (κ3) is 6.75. The monoisotopic (exact) mass is 358 g/mol. The summed E-state index contributed by atoms with van der Waals surface area (Å²) in [4.78, 5) is 33.2. The molecule has 0 saturated heterocycles. The average molecular weight is 359 g/mol. The fraction of sp³-hybridized carbons (Fsp3) is 0.308. The molecular formula is C13H15BrN2O5. The third-order valence-electron chi connectivity index (χ3n) is 2.50. The van der Waals surface area contributed by atoms with Gasteiger partial charge in [0.05, 0.1) is 0 Å². The lowest BCUT2D eigenvalue weighted by molar-refractivity contribution is -0.142. The molecular weight excluding hydrogens is 344 g/mol. The zero-order valence-electron chi connectivity index (χ0n) is 11.0. The number of hydrogen-bond acceptors (Lipinski definition) is 4. The Bertz CT molecular complexity index is 518. The Balaban J connectivity index is 2.44. The van der Waals surface area contributed by atoms with E-state index in [9.17, 15) is 14.4 Å². The molecule has 0 unspecified atom stereocenters. The number of nitrogens with one attached hydrogen (secondary N) is 1. The Morgan fingerprint density at radius 3 is 2.43 bits per heavy atom. The van der Waals surface area contributed by atoms with Gasteiger partial charge in [-0.3, -0.25) is 9.59 Å². The summed E-state index contributed by atoms with van der Waals surface area (Å²) in [6.07, 6.45) is -0.181. The van der Waals surface area contributed by atoms with Crippen molar-refractivity contribution in [2.45, 2.75) is 18.9 Å². The molecule has 0 aliphatic rings. The molecule has 0 spiro atoms. The van der Waals surface area contributed by atoms with E-state index < -0.39 is 23.8 Å². The molecule has 0 aliphatic heterocycles. The van der Waals surface area contributed by atoms with Crippen LogP contribution in [-0.4, -0.2) is 35.5 Å². The third-order valence-corrected chi connectivity index (χ3v) is 3.02. The van der Waals surface area contributed by atoms with Gasteiger partial charge in [-0.25, -0.2) is 4.79 Å². The van der Waals surface area contributed by atoms with Crippen LogP contribution in [0.3, 0.4) is 0 Å². The van der Waals surface area contributed by atoms with Crippen molar-refractivity contribution in [2.24, 2.45) is 5.73 Å². The summed E-state index contributed by atoms with van der Waals surface area (Å²) in [5.74, 6) is -1.96. The molecule has 7 nitrogen and oxygen atoms in total. The molecule has 0 aromatic heterocycles. The van der Waals surface area contributed by atoms with Gasteiger partial charge >= 0.3 is 5.97 Å². The molecule has 4 N–H and O–H groups in total. The van der Waals surface area contributed by atoms with Gasteiger partial charge < -0.3 is 20.9 Å². The zero-order chi connectivity index (χ0) is 15.8. The topological polar surface area (TPSA) is 119 Å². The van der Waals surface area contributed by atoms with Crippen molar-refractivity contribution < 1.29 is 24.2 Å². The first-order valence-electron chi connectivity index (χ1n) is 6.07. The molecule has 1 aromatic carbocycles. The lowest BCUT2D eigenvalue weighted by atomic mass is 10.1. The number of carbonyl (C=O) groups excluding carboxylic acids is 2. The number of carboxylic acids is 1. The van der Waals surface area contributed by atoms with Crippen molar-refractivity contribution >= 4 is 33.7 Å². The summed E-state index contributed by atoms with van der Waals surface area (Å²) < 4.78 is 6.08. The van der Waals surface area contributed by atoms with Crippen LogP contribution in [0, 0.1) is 0 Å². The van der Waals surface area contributed by atoms with Crippen LogP contribution < -0.4 is 15.8 Å². The largest absolute Gasteiger partial charge is 0.484 e. The summed E-state index contributed by atoms with van der Waals surface area (Å²) in [5, 5.41) is 11.2. The molecule has 0 bridgehead atoms. The number of amides is 2. The fourth-order valence-corrected chi connectivity index (χ4v) is 1.72. The van der Waals surface area contributed by atoms with Gasteiger partial charge in [0.25, 0.3) is 5.91 Å². The molecule has 0 heterocycles. The van der Waals surface area contributed by atoms with E-state index in [4.69, 9.17) is 15.6 Å². The molecule has 114 valence electrons. The first kappa shape index (κ1) is 17.0. The van der Waals surface area contributed by atoms with E-state index in [0.717, 1.165) is 4.47 Å².